The highest BCUT2D eigenvalue weighted by Gasteiger charge is 2.12. The van der Waals surface area contributed by atoms with E-state index in [0.29, 0.717) is 12.0 Å². The predicted octanol–water partition coefficient (Wildman–Crippen LogP) is 4.24. The summed E-state index contributed by atoms with van der Waals surface area (Å²) in [5, 5.41) is 3.45. The second kappa shape index (κ2) is 7.41. The molecule has 2 aromatic carbocycles. The molecule has 0 aliphatic heterocycles. The smallest absolute Gasteiger partial charge is 0.145 e. The van der Waals surface area contributed by atoms with Gasteiger partial charge in [-0.25, -0.2) is 4.39 Å². The van der Waals surface area contributed by atoms with Crippen molar-refractivity contribution in [3.05, 3.63) is 70.5 Å². The third-order valence-corrected chi connectivity index (χ3v) is 3.82. The summed E-state index contributed by atoms with van der Waals surface area (Å²) in [7, 11) is 1.91. The molecule has 0 radical (unpaired) electrons. The second-order valence-electron chi connectivity index (χ2n) is 4.93. The molecule has 0 fully saturated rings. The molecule has 3 heteroatoms. The Morgan fingerprint density at radius 1 is 1.10 bits per heavy atom. The maximum absolute atomic E-state index is 13.9. The lowest BCUT2D eigenvalue weighted by Gasteiger charge is -2.17. The van der Waals surface area contributed by atoms with Crippen LogP contribution in [0.3, 0.4) is 0 Å². The van der Waals surface area contributed by atoms with Crippen LogP contribution in [0.15, 0.2) is 48.5 Å². The standard InChI is InChI=1S/C17H19ClFN/c1-20-15(11-10-13-6-3-2-4-7-13)12-14-8-5-9-16(18)17(14)19/h2-9,15,20H,10-12H2,1H3. The van der Waals surface area contributed by atoms with Crippen LogP contribution in [-0.2, 0) is 12.8 Å². The molecular formula is C17H19ClFN. The van der Waals surface area contributed by atoms with Crippen molar-refractivity contribution in [1.29, 1.82) is 0 Å². The van der Waals surface area contributed by atoms with Gasteiger partial charge in [-0.2, -0.15) is 0 Å². The van der Waals surface area contributed by atoms with Gasteiger partial charge >= 0.3 is 0 Å². The number of hydrogen-bond donors (Lipinski definition) is 1. The topological polar surface area (TPSA) is 12.0 Å². The van der Waals surface area contributed by atoms with Gasteiger partial charge in [0.15, 0.2) is 0 Å². The Morgan fingerprint density at radius 2 is 1.85 bits per heavy atom. The summed E-state index contributed by atoms with van der Waals surface area (Å²) in [6, 6.07) is 15.8. The lowest BCUT2D eigenvalue weighted by Crippen LogP contribution is -2.28. The molecule has 1 nitrogen and oxygen atoms in total. The molecule has 2 aromatic rings. The minimum Gasteiger partial charge on any atom is -0.317 e. The number of aryl methyl sites for hydroxylation is 1. The van der Waals surface area contributed by atoms with Gasteiger partial charge in [0.2, 0.25) is 0 Å². The Labute approximate surface area is 124 Å². The summed E-state index contributed by atoms with van der Waals surface area (Å²) in [4.78, 5) is 0. The summed E-state index contributed by atoms with van der Waals surface area (Å²) in [6.45, 7) is 0. The molecule has 0 aliphatic carbocycles. The van der Waals surface area contributed by atoms with E-state index in [2.05, 4.69) is 17.4 Å². The van der Waals surface area contributed by atoms with Crippen molar-refractivity contribution in [3.8, 4) is 0 Å². The fourth-order valence-electron chi connectivity index (χ4n) is 2.31. The lowest BCUT2D eigenvalue weighted by molar-refractivity contribution is 0.504. The van der Waals surface area contributed by atoms with Gasteiger partial charge in [0.05, 0.1) is 5.02 Å². The number of likely N-dealkylation sites (N-methyl/N-ethyl adjacent to an activating group) is 1. The van der Waals surface area contributed by atoms with E-state index in [0.717, 1.165) is 12.8 Å². The molecule has 1 unspecified atom stereocenters. The first-order chi connectivity index (χ1) is 9.70. The van der Waals surface area contributed by atoms with Gasteiger partial charge in [-0.15, -0.1) is 0 Å². The van der Waals surface area contributed by atoms with Crippen molar-refractivity contribution in [2.75, 3.05) is 7.05 Å². The molecule has 106 valence electrons. The van der Waals surface area contributed by atoms with Gasteiger partial charge in [0, 0.05) is 6.04 Å². The first-order valence-corrected chi connectivity index (χ1v) is 7.22. The van der Waals surface area contributed by atoms with Crippen molar-refractivity contribution in [1.82, 2.24) is 5.32 Å². The zero-order valence-corrected chi connectivity index (χ0v) is 12.3. The van der Waals surface area contributed by atoms with Crippen LogP contribution in [0.1, 0.15) is 17.5 Å². The maximum Gasteiger partial charge on any atom is 0.145 e. The third kappa shape index (κ3) is 4.06. The summed E-state index contributed by atoms with van der Waals surface area (Å²) in [5.74, 6) is -0.297. The van der Waals surface area contributed by atoms with Gasteiger partial charge in [0.1, 0.15) is 5.82 Å². The average molecular weight is 292 g/mol. The molecule has 1 N–H and O–H groups in total. The highest BCUT2D eigenvalue weighted by molar-refractivity contribution is 6.30. The fourth-order valence-corrected chi connectivity index (χ4v) is 2.50. The van der Waals surface area contributed by atoms with Crippen molar-refractivity contribution in [2.24, 2.45) is 0 Å². The van der Waals surface area contributed by atoms with Gasteiger partial charge in [-0.1, -0.05) is 54.1 Å². The van der Waals surface area contributed by atoms with Crippen molar-refractivity contribution < 1.29 is 4.39 Å². The van der Waals surface area contributed by atoms with Crippen molar-refractivity contribution in [2.45, 2.75) is 25.3 Å². The van der Waals surface area contributed by atoms with Crippen LogP contribution in [0.4, 0.5) is 4.39 Å². The summed E-state index contributed by atoms with van der Waals surface area (Å²) in [6.07, 6.45) is 2.59. The highest BCUT2D eigenvalue weighted by Crippen LogP contribution is 2.20. The molecule has 2 rings (SSSR count). The number of benzene rings is 2. The Balaban J connectivity index is 1.97. The molecule has 0 bridgehead atoms. The molecule has 0 saturated carbocycles. The van der Waals surface area contributed by atoms with Crippen LogP contribution in [0.25, 0.3) is 0 Å². The SMILES string of the molecule is CNC(CCc1ccccc1)Cc1cccc(Cl)c1F. The Bertz CT molecular complexity index is 542. The molecule has 0 saturated heterocycles. The number of nitrogens with one attached hydrogen (secondary N) is 1. The molecule has 0 amide bonds. The van der Waals surface area contributed by atoms with Crippen molar-refractivity contribution in [3.63, 3.8) is 0 Å². The van der Waals surface area contributed by atoms with E-state index >= 15 is 0 Å². The van der Waals surface area contributed by atoms with Gasteiger partial charge in [-0.05, 0) is 43.5 Å². The van der Waals surface area contributed by atoms with Gasteiger partial charge < -0.3 is 5.32 Å². The Morgan fingerprint density at radius 3 is 2.55 bits per heavy atom. The van der Waals surface area contributed by atoms with Crippen LogP contribution < -0.4 is 5.32 Å². The molecule has 0 aromatic heterocycles. The normalized spacial score (nSPS) is 12.3. The molecule has 0 aliphatic rings. The maximum atomic E-state index is 13.9. The minimum absolute atomic E-state index is 0.195. The quantitative estimate of drug-likeness (QED) is 0.839. The number of hydrogen-bond acceptors (Lipinski definition) is 1. The first kappa shape index (κ1) is 15.0. The van der Waals surface area contributed by atoms with Crippen LogP contribution in [0.2, 0.25) is 5.02 Å². The van der Waals surface area contributed by atoms with Gasteiger partial charge in [-0.3, -0.25) is 0 Å². The Hall–Kier alpha value is -1.38. The largest absolute Gasteiger partial charge is 0.317 e. The van der Waals surface area contributed by atoms with E-state index in [1.165, 1.54) is 5.56 Å². The van der Waals surface area contributed by atoms with Crippen molar-refractivity contribution >= 4 is 11.6 Å². The van der Waals surface area contributed by atoms with Crippen LogP contribution in [0, 0.1) is 5.82 Å². The third-order valence-electron chi connectivity index (χ3n) is 3.53. The Kier molecular flexibility index (Phi) is 5.57. The van der Waals surface area contributed by atoms with E-state index in [1.54, 1.807) is 18.2 Å². The van der Waals surface area contributed by atoms with E-state index in [-0.39, 0.29) is 16.9 Å². The second-order valence-corrected chi connectivity index (χ2v) is 5.33. The molecule has 0 spiro atoms. The van der Waals surface area contributed by atoms with E-state index < -0.39 is 0 Å². The number of rotatable bonds is 6. The first-order valence-electron chi connectivity index (χ1n) is 6.84. The molecule has 20 heavy (non-hydrogen) atoms. The lowest BCUT2D eigenvalue weighted by atomic mass is 9.99. The number of halogens is 2. The zero-order chi connectivity index (χ0) is 14.4. The predicted molar refractivity (Wildman–Crippen MR) is 82.7 cm³/mol. The summed E-state index contributed by atoms with van der Waals surface area (Å²) in [5.41, 5.74) is 1.98. The van der Waals surface area contributed by atoms with E-state index in [9.17, 15) is 4.39 Å². The molecular weight excluding hydrogens is 273 g/mol. The van der Waals surface area contributed by atoms with Crippen LogP contribution in [0.5, 0.6) is 0 Å². The van der Waals surface area contributed by atoms with E-state index in [1.807, 2.05) is 25.2 Å². The van der Waals surface area contributed by atoms with Crippen LogP contribution >= 0.6 is 11.6 Å². The van der Waals surface area contributed by atoms with Crippen LogP contribution in [-0.4, -0.2) is 13.1 Å². The summed E-state index contributed by atoms with van der Waals surface area (Å²) >= 11 is 5.82. The average Bonchev–Trinajstić information content (AvgIpc) is 2.49. The van der Waals surface area contributed by atoms with E-state index in [4.69, 9.17) is 11.6 Å². The highest BCUT2D eigenvalue weighted by atomic mass is 35.5. The zero-order valence-electron chi connectivity index (χ0n) is 11.6. The minimum atomic E-state index is -0.297. The molecule has 0 heterocycles. The fraction of sp³-hybridized carbons (Fsp3) is 0.294. The monoisotopic (exact) mass is 291 g/mol. The molecule has 1 atom stereocenters. The van der Waals surface area contributed by atoms with Gasteiger partial charge in [0.25, 0.3) is 0 Å². The summed E-state index contributed by atoms with van der Waals surface area (Å²) < 4.78 is 13.9.